The molecule has 1 rings (SSSR count). The molecular weight excluding hydrogens is 276 g/mol. The van der Waals surface area contributed by atoms with E-state index in [1.54, 1.807) is 6.07 Å². The van der Waals surface area contributed by atoms with Gasteiger partial charge in [0.1, 0.15) is 11.6 Å². The van der Waals surface area contributed by atoms with Crippen LogP contribution in [0.25, 0.3) is 0 Å². The Morgan fingerprint density at radius 1 is 1.48 bits per heavy atom. The molecule has 0 aromatic heterocycles. The lowest BCUT2D eigenvalue weighted by atomic mass is 10.2. The second kappa shape index (κ2) is 8.29. The number of rotatable bonds is 7. The third kappa shape index (κ3) is 5.30. The van der Waals surface area contributed by atoms with Crippen molar-refractivity contribution >= 4 is 17.3 Å². The van der Waals surface area contributed by atoms with Gasteiger partial charge < -0.3 is 15.4 Å². The van der Waals surface area contributed by atoms with Gasteiger partial charge >= 0.3 is 0 Å². The molecule has 0 fully saturated rings. The highest BCUT2D eigenvalue weighted by Crippen LogP contribution is 2.15. The number of anilines is 1. The van der Waals surface area contributed by atoms with Crippen LogP contribution in [0.1, 0.15) is 0 Å². The second-order valence-electron chi connectivity index (χ2n) is 3.87. The minimum Gasteiger partial charge on any atom is -0.383 e. The maximum absolute atomic E-state index is 11.6. The zero-order valence-corrected chi connectivity index (χ0v) is 11.3. The molecule has 21 heavy (non-hydrogen) atoms. The lowest BCUT2D eigenvalue weighted by Gasteiger charge is -2.04. The molecule has 0 heterocycles. The standard InChI is InChI=1S/C13H14N4O4/c1-21-7-6-15-13(18)10(8-14)9-16-11-2-4-12(5-3-11)17(19)20/h2-5,9,16H,6-7H2,1H3,(H,15,18)/b10-9-. The van der Waals surface area contributed by atoms with E-state index in [1.807, 2.05) is 0 Å². The Balaban J connectivity index is 2.65. The van der Waals surface area contributed by atoms with Gasteiger partial charge in [-0.15, -0.1) is 0 Å². The number of carbonyl (C=O) groups excluding carboxylic acids is 1. The molecule has 0 spiro atoms. The first-order chi connectivity index (χ1) is 10.1. The summed E-state index contributed by atoms with van der Waals surface area (Å²) in [5.74, 6) is -0.524. The van der Waals surface area contributed by atoms with E-state index in [0.717, 1.165) is 0 Å². The molecule has 110 valence electrons. The Morgan fingerprint density at radius 3 is 2.67 bits per heavy atom. The van der Waals surface area contributed by atoms with Crippen LogP contribution in [0.5, 0.6) is 0 Å². The number of nitriles is 1. The third-order valence-electron chi connectivity index (χ3n) is 2.42. The molecule has 8 heteroatoms. The van der Waals surface area contributed by atoms with E-state index in [9.17, 15) is 14.9 Å². The molecule has 0 radical (unpaired) electrons. The van der Waals surface area contributed by atoms with Crippen LogP contribution in [-0.4, -0.2) is 31.1 Å². The Bertz CT molecular complexity index is 575. The van der Waals surface area contributed by atoms with Crippen molar-refractivity contribution in [2.75, 3.05) is 25.6 Å². The number of hydrogen-bond donors (Lipinski definition) is 2. The zero-order valence-electron chi connectivity index (χ0n) is 11.3. The van der Waals surface area contributed by atoms with Gasteiger partial charge in [0.25, 0.3) is 11.6 Å². The first-order valence-corrected chi connectivity index (χ1v) is 5.97. The van der Waals surface area contributed by atoms with E-state index in [4.69, 9.17) is 10.00 Å². The summed E-state index contributed by atoms with van der Waals surface area (Å²) >= 11 is 0. The third-order valence-corrected chi connectivity index (χ3v) is 2.42. The molecule has 0 saturated heterocycles. The first kappa shape index (κ1) is 16.1. The van der Waals surface area contributed by atoms with Crippen molar-refractivity contribution in [2.45, 2.75) is 0 Å². The van der Waals surface area contributed by atoms with Crippen molar-refractivity contribution < 1.29 is 14.5 Å². The average molecular weight is 290 g/mol. The monoisotopic (exact) mass is 290 g/mol. The van der Waals surface area contributed by atoms with Crippen LogP contribution < -0.4 is 10.6 Å². The number of nitrogens with one attached hydrogen (secondary N) is 2. The highest BCUT2D eigenvalue weighted by molar-refractivity contribution is 5.97. The predicted molar refractivity (Wildman–Crippen MR) is 75.3 cm³/mol. The van der Waals surface area contributed by atoms with Gasteiger partial charge in [0.05, 0.1) is 11.5 Å². The average Bonchev–Trinajstić information content (AvgIpc) is 2.48. The van der Waals surface area contributed by atoms with Gasteiger partial charge in [0.15, 0.2) is 0 Å². The van der Waals surface area contributed by atoms with Crippen molar-refractivity contribution in [1.82, 2.24) is 5.32 Å². The van der Waals surface area contributed by atoms with Crippen molar-refractivity contribution in [3.63, 3.8) is 0 Å². The van der Waals surface area contributed by atoms with Gasteiger partial charge in [-0.05, 0) is 12.1 Å². The number of hydrogen-bond acceptors (Lipinski definition) is 6. The quantitative estimate of drug-likeness (QED) is 0.256. The molecule has 0 saturated carbocycles. The maximum atomic E-state index is 11.6. The van der Waals surface area contributed by atoms with Crippen molar-refractivity contribution in [3.8, 4) is 6.07 Å². The topological polar surface area (TPSA) is 117 Å². The summed E-state index contributed by atoms with van der Waals surface area (Å²) in [5, 5.41) is 24.7. The van der Waals surface area contributed by atoms with E-state index in [2.05, 4.69) is 10.6 Å². The summed E-state index contributed by atoms with van der Waals surface area (Å²) in [7, 11) is 1.50. The Kier molecular flexibility index (Phi) is 6.37. The minimum absolute atomic E-state index is 0.0395. The number of ether oxygens (including phenoxy) is 1. The summed E-state index contributed by atoms with van der Waals surface area (Å²) in [6.07, 6.45) is 1.24. The molecule has 8 nitrogen and oxygen atoms in total. The molecule has 0 atom stereocenters. The summed E-state index contributed by atoms with van der Waals surface area (Å²) in [5.41, 5.74) is 0.379. The summed E-state index contributed by atoms with van der Waals surface area (Å²) < 4.78 is 4.78. The van der Waals surface area contributed by atoms with Crippen LogP contribution in [0.15, 0.2) is 36.0 Å². The molecule has 2 N–H and O–H groups in total. The van der Waals surface area contributed by atoms with Gasteiger partial charge in [0.2, 0.25) is 0 Å². The summed E-state index contributed by atoms with van der Waals surface area (Å²) in [6.45, 7) is 0.645. The lowest BCUT2D eigenvalue weighted by molar-refractivity contribution is -0.384. The highest BCUT2D eigenvalue weighted by atomic mass is 16.6. The Morgan fingerprint density at radius 2 is 2.14 bits per heavy atom. The van der Waals surface area contributed by atoms with E-state index in [1.165, 1.54) is 37.6 Å². The normalized spacial score (nSPS) is 10.6. The Hall–Kier alpha value is -2.92. The van der Waals surface area contributed by atoms with Gasteiger partial charge in [-0.25, -0.2) is 0 Å². The summed E-state index contributed by atoms with van der Waals surface area (Å²) in [4.78, 5) is 21.6. The van der Waals surface area contributed by atoms with Gasteiger partial charge in [-0.2, -0.15) is 5.26 Å². The highest BCUT2D eigenvalue weighted by Gasteiger charge is 2.08. The molecule has 0 aliphatic carbocycles. The number of nitro groups is 1. The molecule has 1 aromatic carbocycles. The first-order valence-electron chi connectivity index (χ1n) is 5.97. The van der Waals surface area contributed by atoms with E-state index in [-0.39, 0.29) is 11.3 Å². The number of amides is 1. The van der Waals surface area contributed by atoms with Gasteiger partial charge in [0, 0.05) is 37.7 Å². The van der Waals surface area contributed by atoms with Crippen LogP contribution in [0.3, 0.4) is 0 Å². The molecule has 0 unspecified atom stereocenters. The zero-order chi connectivity index (χ0) is 15.7. The molecule has 0 aliphatic rings. The summed E-state index contributed by atoms with van der Waals surface area (Å²) in [6, 6.07) is 7.36. The van der Waals surface area contributed by atoms with E-state index in [0.29, 0.717) is 18.8 Å². The SMILES string of the molecule is COCCNC(=O)/C(C#N)=C\Nc1ccc([N+](=O)[O-])cc1. The van der Waals surface area contributed by atoms with E-state index < -0.39 is 10.8 Å². The molecule has 0 bridgehead atoms. The molecule has 1 aromatic rings. The number of benzene rings is 1. The number of carbonyl (C=O) groups is 1. The lowest BCUT2D eigenvalue weighted by Crippen LogP contribution is -2.28. The Labute approximate surface area is 121 Å². The number of methoxy groups -OCH3 is 1. The van der Waals surface area contributed by atoms with Crippen molar-refractivity contribution in [2.24, 2.45) is 0 Å². The smallest absolute Gasteiger partial charge is 0.269 e. The van der Waals surface area contributed by atoms with Crippen LogP contribution in [-0.2, 0) is 9.53 Å². The second-order valence-corrected chi connectivity index (χ2v) is 3.87. The van der Waals surface area contributed by atoms with Crippen LogP contribution in [0.2, 0.25) is 0 Å². The molecule has 0 aliphatic heterocycles. The number of nitrogens with zero attached hydrogens (tertiary/aromatic N) is 2. The fraction of sp³-hybridized carbons (Fsp3) is 0.231. The fourth-order valence-electron chi connectivity index (χ4n) is 1.35. The van der Waals surface area contributed by atoms with Crippen molar-refractivity contribution in [1.29, 1.82) is 5.26 Å². The van der Waals surface area contributed by atoms with E-state index >= 15 is 0 Å². The molecular formula is C13H14N4O4. The van der Waals surface area contributed by atoms with Crippen LogP contribution in [0.4, 0.5) is 11.4 Å². The van der Waals surface area contributed by atoms with Crippen molar-refractivity contribution in [3.05, 3.63) is 46.2 Å². The minimum atomic E-state index is -0.524. The van der Waals surface area contributed by atoms with Gasteiger partial charge in [-0.3, -0.25) is 14.9 Å². The number of non-ortho nitro benzene ring substituents is 1. The maximum Gasteiger partial charge on any atom is 0.269 e. The number of nitro benzene ring substituents is 1. The van der Waals surface area contributed by atoms with Crippen LogP contribution >= 0.6 is 0 Å². The fourth-order valence-corrected chi connectivity index (χ4v) is 1.35. The van der Waals surface area contributed by atoms with Crippen LogP contribution in [0, 0.1) is 21.4 Å². The largest absolute Gasteiger partial charge is 0.383 e. The molecule has 1 amide bonds. The predicted octanol–water partition coefficient (Wildman–Crippen LogP) is 1.18. The van der Waals surface area contributed by atoms with Gasteiger partial charge in [-0.1, -0.05) is 0 Å².